The van der Waals surface area contributed by atoms with Crippen molar-refractivity contribution in [2.75, 3.05) is 30.4 Å². The third kappa shape index (κ3) is 4.15. The van der Waals surface area contributed by atoms with E-state index < -0.39 is 27.3 Å². The molecular weight excluding hydrogens is 333 g/mol. The second-order valence-electron chi connectivity index (χ2n) is 5.46. The molecule has 0 spiro atoms. The summed E-state index contributed by atoms with van der Waals surface area (Å²) in [7, 11) is -1.57. The van der Waals surface area contributed by atoms with Crippen LogP contribution in [0.2, 0.25) is 0 Å². The van der Waals surface area contributed by atoms with Crippen molar-refractivity contribution in [1.29, 1.82) is 0 Å². The molecule has 0 saturated carbocycles. The third-order valence-corrected chi connectivity index (χ3v) is 5.59. The molecule has 1 aromatic carbocycles. The molecule has 5 nitrogen and oxygen atoms in total. The molecule has 0 aliphatic carbocycles. The van der Waals surface area contributed by atoms with E-state index in [1.807, 2.05) is 0 Å². The second-order valence-corrected chi connectivity index (χ2v) is 7.69. The normalized spacial score (nSPS) is 19.6. The van der Waals surface area contributed by atoms with Gasteiger partial charge >= 0.3 is 0 Å². The molecule has 1 N–H and O–H groups in total. The van der Waals surface area contributed by atoms with Crippen molar-refractivity contribution in [3.63, 3.8) is 0 Å². The van der Waals surface area contributed by atoms with Gasteiger partial charge in [0.05, 0.1) is 17.2 Å². The number of halogens is 3. The van der Waals surface area contributed by atoms with Crippen LogP contribution in [0.4, 0.5) is 18.9 Å². The van der Waals surface area contributed by atoms with Gasteiger partial charge in [0.2, 0.25) is 5.91 Å². The van der Waals surface area contributed by atoms with Crippen LogP contribution in [0.5, 0.6) is 0 Å². The van der Waals surface area contributed by atoms with Crippen molar-refractivity contribution in [3.8, 4) is 0 Å². The number of anilines is 1. The first-order valence-corrected chi connectivity index (χ1v) is 8.87. The second kappa shape index (κ2) is 6.77. The van der Waals surface area contributed by atoms with E-state index in [4.69, 9.17) is 0 Å². The quantitative estimate of drug-likeness (QED) is 0.819. The van der Waals surface area contributed by atoms with Gasteiger partial charge in [-0.3, -0.25) is 4.79 Å². The zero-order chi connectivity index (χ0) is 17.2. The molecule has 1 unspecified atom stereocenters. The Bertz CT molecular complexity index is 709. The van der Waals surface area contributed by atoms with Crippen LogP contribution in [0.3, 0.4) is 0 Å². The number of amides is 1. The average molecular weight is 350 g/mol. The molecule has 1 heterocycles. The van der Waals surface area contributed by atoms with Crippen LogP contribution in [0.1, 0.15) is 12.8 Å². The highest BCUT2D eigenvalue weighted by Crippen LogP contribution is 2.20. The minimum absolute atomic E-state index is 0.0185. The fraction of sp³-hybridized carbons (Fsp3) is 0.500. The number of nitrogens with zero attached hydrogens (tertiary/aromatic N) is 1. The summed E-state index contributed by atoms with van der Waals surface area (Å²) < 4.78 is 62.1. The fourth-order valence-electron chi connectivity index (χ4n) is 2.43. The summed E-state index contributed by atoms with van der Waals surface area (Å²) in [5.74, 6) is -4.50. The van der Waals surface area contributed by atoms with Gasteiger partial charge in [0.15, 0.2) is 27.3 Å². The Morgan fingerprint density at radius 1 is 1.30 bits per heavy atom. The van der Waals surface area contributed by atoms with Crippen LogP contribution in [-0.2, 0) is 14.6 Å². The lowest BCUT2D eigenvalue weighted by molar-refractivity contribution is -0.131. The Hall–Kier alpha value is -1.77. The van der Waals surface area contributed by atoms with Gasteiger partial charge < -0.3 is 10.2 Å². The first-order chi connectivity index (χ1) is 10.7. The van der Waals surface area contributed by atoms with Gasteiger partial charge in [0.1, 0.15) is 0 Å². The summed E-state index contributed by atoms with van der Waals surface area (Å²) in [6, 6.07) is 1.48. The summed E-state index contributed by atoms with van der Waals surface area (Å²) in [6.45, 7) is 0.0185. The summed E-state index contributed by atoms with van der Waals surface area (Å²) in [5.41, 5.74) is -0.234. The molecule has 1 fully saturated rings. The van der Waals surface area contributed by atoms with E-state index in [1.165, 1.54) is 11.9 Å². The first kappa shape index (κ1) is 17.6. The average Bonchev–Trinajstić information content (AvgIpc) is 2.86. The Labute approximate surface area is 132 Å². The largest absolute Gasteiger partial charge is 0.382 e. The Balaban J connectivity index is 1.87. The summed E-state index contributed by atoms with van der Waals surface area (Å²) in [6.07, 6.45) is 0.376. The number of sulfone groups is 1. The predicted molar refractivity (Wildman–Crippen MR) is 79.3 cm³/mol. The summed E-state index contributed by atoms with van der Waals surface area (Å²) >= 11 is 0. The van der Waals surface area contributed by atoms with Crippen molar-refractivity contribution in [2.24, 2.45) is 0 Å². The zero-order valence-electron chi connectivity index (χ0n) is 12.5. The molecule has 1 atom stereocenters. The molecule has 2 rings (SSSR count). The molecular formula is C14H17F3N2O3S. The lowest BCUT2D eigenvalue weighted by atomic mass is 10.2. The van der Waals surface area contributed by atoms with Crippen molar-refractivity contribution in [3.05, 3.63) is 29.6 Å². The molecule has 1 aliphatic heterocycles. The molecule has 1 aromatic rings. The molecule has 0 radical (unpaired) electrons. The van der Waals surface area contributed by atoms with Crippen LogP contribution in [-0.4, -0.2) is 50.4 Å². The maximum Gasteiger partial charge on any atom is 0.224 e. The highest BCUT2D eigenvalue weighted by molar-refractivity contribution is 7.91. The van der Waals surface area contributed by atoms with Gasteiger partial charge in [0, 0.05) is 26.1 Å². The minimum Gasteiger partial charge on any atom is -0.382 e. The fourth-order valence-corrected chi connectivity index (χ4v) is 4.20. The molecule has 23 heavy (non-hydrogen) atoms. The van der Waals surface area contributed by atoms with Crippen molar-refractivity contribution in [2.45, 2.75) is 18.9 Å². The molecule has 0 bridgehead atoms. The monoisotopic (exact) mass is 350 g/mol. The Morgan fingerprint density at radius 3 is 2.61 bits per heavy atom. The molecule has 1 saturated heterocycles. The minimum atomic E-state index is -3.09. The van der Waals surface area contributed by atoms with E-state index >= 15 is 0 Å². The summed E-state index contributed by atoms with van der Waals surface area (Å²) in [4.78, 5) is 13.4. The van der Waals surface area contributed by atoms with E-state index in [0.29, 0.717) is 6.42 Å². The number of carbonyl (C=O) groups excluding carboxylic acids is 1. The molecule has 1 amide bonds. The standard InChI is InChI=1S/C14H17F3N2O3S/c1-19(9-5-7-23(21,22)8-9)12(20)4-6-18-11-3-2-10(15)13(16)14(11)17/h2-3,9,18H,4-8H2,1H3. The van der Waals surface area contributed by atoms with Gasteiger partial charge in [-0.25, -0.2) is 21.6 Å². The van der Waals surface area contributed by atoms with Gasteiger partial charge in [-0.2, -0.15) is 0 Å². The number of nitrogens with one attached hydrogen (secondary N) is 1. The van der Waals surface area contributed by atoms with Crippen LogP contribution >= 0.6 is 0 Å². The lowest BCUT2D eigenvalue weighted by Crippen LogP contribution is -2.38. The van der Waals surface area contributed by atoms with Crippen LogP contribution in [0.25, 0.3) is 0 Å². The van der Waals surface area contributed by atoms with E-state index in [0.717, 1.165) is 12.1 Å². The Morgan fingerprint density at radius 2 is 2.00 bits per heavy atom. The maximum atomic E-state index is 13.4. The van der Waals surface area contributed by atoms with E-state index in [9.17, 15) is 26.4 Å². The van der Waals surface area contributed by atoms with E-state index in [2.05, 4.69) is 5.32 Å². The van der Waals surface area contributed by atoms with Crippen LogP contribution in [0.15, 0.2) is 12.1 Å². The van der Waals surface area contributed by atoms with Gasteiger partial charge in [0.25, 0.3) is 0 Å². The Kier molecular flexibility index (Phi) is 5.18. The molecule has 128 valence electrons. The number of benzene rings is 1. The molecule has 0 aromatic heterocycles. The highest BCUT2D eigenvalue weighted by Gasteiger charge is 2.32. The number of hydrogen-bond donors (Lipinski definition) is 1. The first-order valence-electron chi connectivity index (χ1n) is 7.05. The smallest absolute Gasteiger partial charge is 0.224 e. The van der Waals surface area contributed by atoms with Crippen molar-refractivity contribution >= 4 is 21.4 Å². The van der Waals surface area contributed by atoms with Crippen molar-refractivity contribution in [1.82, 2.24) is 4.90 Å². The van der Waals surface area contributed by atoms with E-state index in [-0.39, 0.29) is 42.1 Å². The molecule has 9 heteroatoms. The highest BCUT2D eigenvalue weighted by atomic mass is 32.2. The van der Waals surface area contributed by atoms with Crippen LogP contribution < -0.4 is 5.32 Å². The SMILES string of the molecule is CN(C(=O)CCNc1ccc(F)c(F)c1F)C1CCS(=O)(=O)C1. The number of rotatable bonds is 5. The van der Waals surface area contributed by atoms with E-state index in [1.54, 1.807) is 0 Å². The third-order valence-electron chi connectivity index (χ3n) is 3.84. The number of carbonyl (C=O) groups is 1. The van der Waals surface area contributed by atoms with Crippen LogP contribution in [0, 0.1) is 17.5 Å². The zero-order valence-corrected chi connectivity index (χ0v) is 13.3. The molecule has 1 aliphatic rings. The van der Waals surface area contributed by atoms with Gasteiger partial charge in [-0.1, -0.05) is 0 Å². The topological polar surface area (TPSA) is 66.5 Å². The summed E-state index contributed by atoms with van der Waals surface area (Å²) in [5, 5.41) is 2.53. The van der Waals surface area contributed by atoms with Gasteiger partial charge in [-0.05, 0) is 18.6 Å². The number of hydrogen-bond acceptors (Lipinski definition) is 4. The lowest BCUT2D eigenvalue weighted by Gasteiger charge is -2.23. The predicted octanol–water partition coefficient (Wildman–Crippen LogP) is 1.55. The van der Waals surface area contributed by atoms with Crippen molar-refractivity contribution < 1.29 is 26.4 Å². The van der Waals surface area contributed by atoms with Gasteiger partial charge in [-0.15, -0.1) is 0 Å². The maximum absolute atomic E-state index is 13.4.